The highest BCUT2D eigenvalue weighted by Crippen LogP contribution is 2.20. The lowest BCUT2D eigenvalue weighted by Crippen LogP contribution is -2.01. The zero-order valence-corrected chi connectivity index (χ0v) is 7.05. The van der Waals surface area contributed by atoms with Crippen molar-refractivity contribution in [2.45, 2.75) is 20.8 Å². The fourth-order valence-corrected chi connectivity index (χ4v) is 0.839. The lowest BCUT2D eigenvalue weighted by Gasteiger charge is -2.11. The van der Waals surface area contributed by atoms with Crippen molar-refractivity contribution in [1.82, 2.24) is 0 Å². The SMILES string of the molecule is CC(C)(C)/C=C1/C=CC(=O)O1. The average Bonchev–Trinajstić information content (AvgIpc) is 2.10. The zero-order valence-electron chi connectivity index (χ0n) is 7.05. The first-order chi connectivity index (χ1) is 4.97. The van der Waals surface area contributed by atoms with Gasteiger partial charge >= 0.3 is 5.97 Å². The van der Waals surface area contributed by atoms with Gasteiger partial charge in [-0.05, 0) is 17.6 Å². The highest BCUT2D eigenvalue weighted by atomic mass is 16.5. The van der Waals surface area contributed by atoms with Crippen LogP contribution in [0.15, 0.2) is 24.0 Å². The van der Waals surface area contributed by atoms with Gasteiger partial charge < -0.3 is 4.74 Å². The molecule has 0 atom stereocenters. The van der Waals surface area contributed by atoms with Crippen LogP contribution in [0.4, 0.5) is 0 Å². The number of rotatable bonds is 0. The second-order valence-electron chi connectivity index (χ2n) is 3.67. The minimum absolute atomic E-state index is 0.0598. The summed E-state index contributed by atoms with van der Waals surface area (Å²) in [5.41, 5.74) is 0.0598. The van der Waals surface area contributed by atoms with E-state index in [0.29, 0.717) is 5.76 Å². The Morgan fingerprint density at radius 2 is 2.00 bits per heavy atom. The standard InChI is InChI=1S/C9H12O2/c1-9(2,3)6-7-4-5-8(10)11-7/h4-6H,1-3H3/b7-6-. The fraction of sp³-hybridized carbons (Fsp3) is 0.444. The Labute approximate surface area is 66.5 Å². The van der Waals surface area contributed by atoms with E-state index in [1.807, 2.05) is 6.08 Å². The number of cyclic esters (lactones) is 1. The third-order valence-electron chi connectivity index (χ3n) is 1.18. The van der Waals surface area contributed by atoms with E-state index in [1.54, 1.807) is 6.08 Å². The molecule has 0 saturated heterocycles. The molecule has 0 spiro atoms. The van der Waals surface area contributed by atoms with Crippen LogP contribution in [0.2, 0.25) is 0 Å². The van der Waals surface area contributed by atoms with Crippen molar-refractivity contribution in [3.8, 4) is 0 Å². The van der Waals surface area contributed by atoms with Gasteiger partial charge in [0.1, 0.15) is 5.76 Å². The van der Waals surface area contributed by atoms with Crippen LogP contribution < -0.4 is 0 Å². The van der Waals surface area contributed by atoms with Crippen LogP contribution in [0, 0.1) is 5.41 Å². The van der Waals surface area contributed by atoms with E-state index < -0.39 is 0 Å². The molecule has 11 heavy (non-hydrogen) atoms. The largest absolute Gasteiger partial charge is 0.424 e. The number of ether oxygens (including phenoxy) is 1. The van der Waals surface area contributed by atoms with Crippen molar-refractivity contribution in [2.75, 3.05) is 0 Å². The van der Waals surface area contributed by atoms with Crippen LogP contribution in [0.3, 0.4) is 0 Å². The number of carbonyl (C=O) groups is 1. The quantitative estimate of drug-likeness (QED) is 0.496. The predicted octanol–water partition coefficient (Wildman–Crippen LogP) is 2.03. The molecule has 1 aliphatic rings. The molecule has 0 unspecified atom stereocenters. The van der Waals surface area contributed by atoms with Gasteiger partial charge in [0.15, 0.2) is 0 Å². The van der Waals surface area contributed by atoms with Gasteiger partial charge in [0.2, 0.25) is 0 Å². The van der Waals surface area contributed by atoms with Crippen LogP contribution in [0.1, 0.15) is 20.8 Å². The Morgan fingerprint density at radius 3 is 2.36 bits per heavy atom. The third kappa shape index (κ3) is 2.58. The summed E-state index contributed by atoms with van der Waals surface area (Å²) in [5.74, 6) is 0.378. The molecule has 0 amide bonds. The number of allylic oxidation sites excluding steroid dienone is 2. The van der Waals surface area contributed by atoms with E-state index in [4.69, 9.17) is 4.74 Å². The molecule has 0 bridgehead atoms. The Balaban J connectivity index is 2.71. The minimum atomic E-state index is -0.277. The van der Waals surface area contributed by atoms with Crippen LogP contribution in [-0.2, 0) is 9.53 Å². The van der Waals surface area contributed by atoms with Crippen LogP contribution in [-0.4, -0.2) is 5.97 Å². The van der Waals surface area contributed by atoms with Crippen LogP contribution in [0.5, 0.6) is 0 Å². The number of carbonyl (C=O) groups excluding carboxylic acids is 1. The molecular weight excluding hydrogens is 140 g/mol. The van der Waals surface area contributed by atoms with E-state index in [1.165, 1.54) is 6.08 Å². The molecule has 0 saturated carbocycles. The van der Waals surface area contributed by atoms with E-state index >= 15 is 0 Å². The van der Waals surface area contributed by atoms with Gasteiger partial charge in [0, 0.05) is 6.08 Å². The van der Waals surface area contributed by atoms with Crippen LogP contribution >= 0.6 is 0 Å². The fourth-order valence-electron chi connectivity index (χ4n) is 0.839. The molecule has 60 valence electrons. The minimum Gasteiger partial charge on any atom is -0.424 e. The van der Waals surface area contributed by atoms with Gasteiger partial charge in [-0.25, -0.2) is 4.79 Å². The van der Waals surface area contributed by atoms with Crippen molar-refractivity contribution in [3.63, 3.8) is 0 Å². The summed E-state index contributed by atoms with van der Waals surface area (Å²) in [4.78, 5) is 10.6. The first kappa shape index (κ1) is 8.05. The van der Waals surface area contributed by atoms with Gasteiger partial charge in [-0.1, -0.05) is 20.8 Å². The topological polar surface area (TPSA) is 26.3 Å². The summed E-state index contributed by atoms with van der Waals surface area (Å²) in [5, 5.41) is 0. The molecule has 0 fully saturated rings. The molecule has 0 aliphatic carbocycles. The molecule has 0 aromatic rings. The molecule has 1 aliphatic heterocycles. The third-order valence-corrected chi connectivity index (χ3v) is 1.18. The number of hydrogen-bond donors (Lipinski definition) is 0. The normalized spacial score (nSPS) is 21.0. The maximum absolute atomic E-state index is 10.6. The zero-order chi connectivity index (χ0) is 8.48. The molecule has 0 N–H and O–H groups in total. The Kier molecular flexibility index (Phi) is 1.85. The molecule has 1 rings (SSSR count). The van der Waals surface area contributed by atoms with E-state index in [-0.39, 0.29) is 11.4 Å². The maximum atomic E-state index is 10.6. The van der Waals surface area contributed by atoms with E-state index in [0.717, 1.165) is 0 Å². The molecular formula is C9H12O2. The van der Waals surface area contributed by atoms with Gasteiger partial charge in [-0.15, -0.1) is 0 Å². The van der Waals surface area contributed by atoms with Crippen LogP contribution in [0.25, 0.3) is 0 Å². The van der Waals surface area contributed by atoms with Crippen molar-refractivity contribution in [3.05, 3.63) is 24.0 Å². The van der Waals surface area contributed by atoms with Crippen molar-refractivity contribution in [2.24, 2.45) is 5.41 Å². The summed E-state index contributed by atoms with van der Waals surface area (Å²) >= 11 is 0. The summed E-state index contributed by atoms with van der Waals surface area (Å²) in [6.07, 6.45) is 5.04. The lowest BCUT2D eigenvalue weighted by atomic mass is 9.96. The van der Waals surface area contributed by atoms with Crippen molar-refractivity contribution >= 4 is 5.97 Å². The molecule has 2 heteroatoms. The summed E-state index contributed by atoms with van der Waals surface area (Å²) in [6.45, 7) is 6.17. The van der Waals surface area contributed by atoms with Crippen molar-refractivity contribution in [1.29, 1.82) is 0 Å². The molecule has 1 heterocycles. The van der Waals surface area contributed by atoms with E-state index in [9.17, 15) is 4.79 Å². The van der Waals surface area contributed by atoms with Crippen molar-refractivity contribution < 1.29 is 9.53 Å². The maximum Gasteiger partial charge on any atom is 0.336 e. The first-order valence-corrected chi connectivity index (χ1v) is 3.60. The predicted molar refractivity (Wildman–Crippen MR) is 42.8 cm³/mol. The highest BCUT2D eigenvalue weighted by Gasteiger charge is 2.13. The number of hydrogen-bond acceptors (Lipinski definition) is 2. The molecule has 0 aromatic heterocycles. The van der Waals surface area contributed by atoms with Gasteiger partial charge in [-0.2, -0.15) is 0 Å². The number of esters is 1. The molecule has 0 radical (unpaired) electrons. The smallest absolute Gasteiger partial charge is 0.336 e. The lowest BCUT2D eigenvalue weighted by molar-refractivity contribution is -0.132. The van der Waals surface area contributed by atoms with E-state index in [2.05, 4.69) is 20.8 Å². The highest BCUT2D eigenvalue weighted by molar-refractivity contribution is 5.86. The van der Waals surface area contributed by atoms with Gasteiger partial charge in [-0.3, -0.25) is 0 Å². The molecule has 2 nitrogen and oxygen atoms in total. The van der Waals surface area contributed by atoms with Gasteiger partial charge in [0.05, 0.1) is 0 Å². The second-order valence-corrected chi connectivity index (χ2v) is 3.67. The summed E-state index contributed by atoms with van der Waals surface area (Å²) in [7, 11) is 0. The Morgan fingerprint density at radius 1 is 1.36 bits per heavy atom. The average molecular weight is 152 g/mol. The summed E-state index contributed by atoms with van der Waals surface area (Å²) in [6, 6.07) is 0. The molecule has 0 aromatic carbocycles. The van der Waals surface area contributed by atoms with Gasteiger partial charge in [0.25, 0.3) is 0 Å². The monoisotopic (exact) mass is 152 g/mol. The Hall–Kier alpha value is -1.05. The summed E-state index contributed by atoms with van der Waals surface area (Å²) < 4.78 is 4.85. The second kappa shape index (κ2) is 2.53. The Bertz CT molecular complexity index is 228. The first-order valence-electron chi connectivity index (χ1n) is 3.60.